The van der Waals surface area contributed by atoms with Crippen LogP contribution in [-0.2, 0) is 9.78 Å². The van der Waals surface area contributed by atoms with E-state index in [-0.39, 0.29) is 0 Å². The summed E-state index contributed by atoms with van der Waals surface area (Å²) >= 11 is 0. The van der Waals surface area contributed by atoms with Crippen LogP contribution in [0.15, 0.2) is 0 Å². The summed E-state index contributed by atoms with van der Waals surface area (Å²) in [6, 6.07) is 0. The molecule has 0 N–H and O–H groups in total. The molecule has 1 fully saturated rings. The molecular weight excluding hydrogens is 164 g/mol. The van der Waals surface area contributed by atoms with Gasteiger partial charge in [0.2, 0.25) is 0 Å². The van der Waals surface area contributed by atoms with Crippen molar-refractivity contribution in [3.05, 3.63) is 0 Å². The predicted octanol–water partition coefficient (Wildman–Crippen LogP) is 3.17. The lowest BCUT2D eigenvalue weighted by atomic mass is 9.72. The lowest BCUT2D eigenvalue weighted by molar-refractivity contribution is -0.311. The van der Waals surface area contributed by atoms with Crippen LogP contribution in [0.5, 0.6) is 0 Å². The first-order chi connectivity index (χ1) is 6.04. The fraction of sp³-hybridized carbons (Fsp3) is 1.00. The van der Waals surface area contributed by atoms with Crippen molar-refractivity contribution in [2.45, 2.75) is 52.6 Å². The van der Waals surface area contributed by atoms with E-state index < -0.39 is 0 Å². The van der Waals surface area contributed by atoms with Gasteiger partial charge in [0.25, 0.3) is 0 Å². The Morgan fingerprint density at radius 1 is 1.00 bits per heavy atom. The minimum atomic E-state index is 0.337. The molecule has 0 aliphatic heterocycles. The number of hydrogen-bond donors (Lipinski definition) is 0. The first-order valence-electron chi connectivity index (χ1n) is 5.23. The van der Waals surface area contributed by atoms with Gasteiger partial charge in [-0.05, 0) is 37.0 Å². The van der Waals surface area contributed by atoms with Gasteiger partial charge in [-0.25, -0.2) is 9.78 Å². The van der Waals surface area contributed by atoms with Crippen molar-refractivity contribution in [1.82, 2.24) is 0 Å². The van der Waals surface area contributed by atoms with E-state index in [9.17, 15) is 0 Å². The van der Waals surface area contributed by atoms with Crippen LogP contribution < -0.4 is 0 Å². The highest BCUT2D eigenvalue weighted by Gasteiger charge is 2.30. The van der Waals surface area contributed by atoms with Crippen LogP contribution in [0.2, 0.25) is 0 Å². The summed E-state index contributed by atoms with van der Waals surface area (Å²) < 4.78 is 0. The van der Waals surface area contributed by atoms with Crippen LogP contribution >= 0.6 is 0 Å². The zero-order valence-corrected chi connectivity index (χ0v) is 9.30. The monoisotopic (exact) mass is 186 g/mol. The van der Waals surface area contributed by atoms with E-state index in [0.717, 1.165) is 18.8 Å². The van der Waals surface area contributed by atoms with Gasteiger partial charge in [0.1, 0.15) is 0 Å². The zero-order chi connectivity index (χ0) is 9.90. The molecule has 0 atom stereocenters. The van der Waals surface area contributed by atoms with Crippen molar-refractivity contribution >= 4 is 0 Å². The molecule has 0 aromatic heterocycles. The van der Waals surface area contributed by atoms with E-state index in [4.69, 9.17) is 9.78 Å². The Labute approximate surface area is 81.5 Å². The summed E-state index contributed by atoms with van der Waals surface area (Å²) in [7, 11) is 1.59. The SMILES string of the molecule is COO[C@H]1CC[C@H](C(C)(C)C)CC1. The summed E-state index contributed by atoms with van der Waals surface area (Å²) in [6.45, 7) is 6.99. The Morgan fingerprint density at radius 3 is 1.92 bits per heavy atom. The van der Waals surface area contributed by atoms with Gasteiger partial charge in [-0.1, -0.05) is 20.8 Å². The van der Waals surface area contributed by atoms with Crippen molar-refractivity contribution in [2.75, 3.05) is 7.11 Å². The molecule has 13 heavy (non-hydrogen) atoms. The molecule has 2 nitrogen and oxygen atoms in total. The molecule has 0 aromatic carbocycles. The highest BCUT2D eigenvalue weighted by atomic mass is 17.2. The van der Waals surface area contributed by atoms with Gasteiger partial charge >= 0.3 is 0 Å². The van der Waals surface area contributed by atoms with Gasteiger partial charge in [0.15, 0.2) is 0 Å². The lowest BCUT2D eigenvalue weighted by Crippen LogP contribution is -2.28. The minimum absolute atomic E-state index is 0.337. The molecule has 1 aliphatic rings. The van der Waals surface area contributed by atoms with E-state index in [2.05, 4.69) is 20.8 Å². The molecule has 0 radical (unpaired) electrons. The molecule has 0 heterocycles. The molecule has 0 amide bonds. The third kappa shape index (κ3) is 3.28. The first-order valence-corrected chi connectivity index (χ1v) is 5.23. The summed E-state index contributed by atoms with van der Waals surface area (Å²) in [4.78, 5) is 9.85. The van der Waals surface area contributed by atoms with Gasteiger partial charge < -0.3 is 0 Å². The maximum absolute atomic E-state index is 5.14. The molecule has 1 saturated carbocycles. The normalized spacial score (nSPS) is 30.5. The van der Waals surface area contributed by atoms with Crippen molar-refractivity contribution in [3.8, 4) is 0 Å². The summed E-state index contributed by atoms with van der Waals surface area (Å²) in [6.07, 6.45) is 5.18. The largest absolute Gasteiger partial charge is 0.240 e. The Balaban J connectivity index is 2.30. The average molecular weight is 186 g/mol. The van der Waals surface area contributed by atoms with Gasteiger partial charge in [0.05, 0.1) is 13.2 Å². The quantitative estimate of drug-likeness (QED) is 0.487. The van der Waals surface area contributed by atoms with Crippen molar-refractivity contribution in [1.29, 1.82) is 0 Å². The second-order valence-electron chi connectivity index (χ2n) is 5.10. The fourth-order valence-corrected chi connectivity index (χ4v) is 2.16. The van der Waals surface area contributed by atoms with Gasteiger partial charge in [-0.2, -0.15) is 0 Å². The Bertz CT molecular complexity index is 141. The third-order valence-electron chi connectivity index (χ3n) is 3.13. The number of rotatable bonds is 2. The molecule has 0 aromatic rings. The van der Waals surface area contributed by atoms with Crippen LogP contribution in [0.4, 0.5) is 0 Å². The van der Waals surface area contributed by atoms with Crippen molar-refractivity contribution < 1.29 is 9.78 Å². The topological polar surface area (TPSA) is 18.5 Å². The highest BCUT2D eigenvalue weighted by molar-refractivity contribution is 4.80. The van der Waals surface area contributed by atoms with Gasteiger partial charge in [-0.15, -0.1) is 0 Å². The van der Waals surface area contributed by atoms with Crippen LogP contribution in [0.25, 0.3) is 0 Å². The molecule has 78 valence electrons. The average Bonchev–Trinajstić information content (AvgIpc) is 2.04. The molecule has 0 bridgehead atoms. The molecule has 2 heteroatoms. The van der Waals surface area contributed by atoms with Crippen LogP contribution in [0, 0.1) is 11.3 Å². The van der Waals surface area contributed by atoms with Crippen molar-refractivity contribution in [3.63, 3.8) is 0 Å². The Kier molecular flexibility index (Phi) is 3.74. The van der Waals surface area contributed by atoms with Crippen LogP contribution in [0.3, 0.4) is 0 Å². The third-order valence-corrected chi connectivity index (χ3v) is 3.13. The zero-order valence-electron chi connectivity index (χ0n) is 9.30. The van der Waals surface area contributed by atoms with Gasteiger partial charge in [0, 0.05) is 0 Å². The Morgan fingerprint density at radius 2 is 1.54 bits per heavy atom. The smallest absolute Gasteiger partial charge is 0.0930 e. The minimum Gasteiger partial charge on any atom is -0.240 e. The van der Waals surface area contributed by atoms with E-state index in [0.29, 0.717) is 11.5 Å². The molecule has 0 saturated heterocycles. The summed E-state index contributed by atoms with van der Waals surface area (Å²) in [5.74, 6) is 0.851. The van der Waals surface area contributed by atoms with Crippen molar-refractivity contribution in [2.24, 2.45) is 11.3 Å². The van der Waals surface area contributed by atoms with E-state index in [1.807, 2.05) is 0 Å². The predicted molar refractivity (Wildman–Crippen MR) is 53.3 cm³/mol. The maximum Gasteiger partial charge on any atom is 0.0930 e. The van der Waals surface area contributed by atoms with Crippen LogP contribution in [-0.4, -0.2) is 13.2 Å². The van der Waals surface area contributed by atoms with E-state index in [1.165, 1.54) is 12.8 Å². The lowest BCUT2D eigenvalue weighted by Gasteiger charge is -2.36. The summed E-state index contributed by atoms with van der Waals surface area (Å²) in [5, 5.41) is 0. The Hall–Kier alpha value is -0.0800. The molecule has 0 spiro atoms. The fourth-order valence-electron chi connectivity index (χ4n) is 2.16. The summed E-state index contributed by atoms with van der Waals surface area (Å²) in [5.41, 5.74) is 0.456. The standard InChI is InChI=1S/C11H22O2/c1-11(2,3)9-5-7-10(8-6-9)13-12-4/h9-10H,5-8H2,1-4H3/t9-,10-. The maximum atomic E-state index is 5.14. The molecule has 0 unspecified atom stereocenters. The van der Waals surface area contributed by atoms with E-state index >= 15 is 0 Å². The first kappa shape index (κ1) is 11.0. The second kappa shape index (κ2) is 4.43. The van der Waals surface area contributed by atoms with E-state index in [1.54, 1.807) is 7.11 Å². The van der Waals surface area contributed by atoms with Gasteiger partial charge in [-0.3, -0.25) is 0 Å². The molecular formula is C11H22O2. The second-order valence-corrected chi connectivity index (χ2v) is 5.10. The highest BCUT2D eigenvalue weighted by Crippen LogP contribution is 2.38. The molecule has 1 aliphatic carbocycles. The molecule has 1 rings (SSSR count). The van der Waals surface area contributed by atoms with Crippen LogP contribution in [0.1, 0.15) is 46.5 Å². The number of hydrogen-bond acceptors (Lipinski definition) is 2.